The predicted octanol–water partition coefficient (Wildman–Crippen LogP) is 2.11. The van der Waals surface area contributed by atoms with Crippen LogP contribution < -0.4 is 10.2 Å². The number of carbonyl (C=O) groups is 1. The Balaban J connectivity index is 1.79. The molecule has 0 unspecified atom stereocenters. The molecule has 0 saturated carbocycles. The highest BCUT2D eigenvalue weighted by molar-refractivity contribution is 5.69. The highest BCUT2D eigenvalue weighted by Gasteiger charge is 2.05. The van der Waals surface area contributed by atoms with Crippen LogP contribution in [-0.4, -0.2) is 41.1 Å². The molecule has 1 heterocycles. The molecule has 1 aromatic carbocycles. The number of aryl methyl sites for hydroxylation is 1. The molecule has 0 spiro atoms. The van der Waals surface area contributed by atoms with Crippen molar-refractivity contribution in [3.8, 4) is 5.75 Å². The Bertz CT molecular complexity index is 845. The molecule has 1 N–H and O–H groups in total. The molecule has 2 rings (SSSR count). The van der Waals surface area contributed by atoms with E-state index in [0.717, 1.165) is 10.3 Å². The van der Waals surface area contributed by atoms with Crippen LogP contribution in [0.2, 0.25) is 0 Å². The molecule has 1 aromatic heterocycles. The van der Waals surface area contributed by atoms with Gasteiger partial charge in [-0.15, -0.1) is 0 Å². The molecule has 0 fully saturated rings. The first-order valence-electron chi connectivity index (χ1n) is 8.35. The van der Waals surface area contributed by atoms with Gasteiger partial charge >= 0.3 is 5.97 Å². The summed E-state index contributed by atoms with van der Waals surface area (Å²) in [4.78, 5) is 25.4. The fourth-order valence-electron chi connectivity index (χ4n) is 2.25. The third kappa shape index (κ3) is 6.46. The number of hydrogen-bond acceptors (Lipinski definition) is 7. The van der Waals surface area contributed by atoms with E-state index >= 15 is 0 Å². The Morgan fingerprint density at radius 3 is 2.70 bits per heavy atom. The van der Waals surface area contributed by atoms with Crippen molar-refractivity contribution in [2.24, 2.45) is 4.99 Å². The lowest BCUT2D eigenvalue weighted by Crippen LogP contribution is -2.19. The summed E-state index contributed by atoms with van der Waals surface area (Å²) >= 11 is 0. The van der Waals surface area contributed by atoms with Crippen molar-refractivity contribution < 1.29 is 24.4 Å². The normalized spacial score (nSPS) is 11.2. The fraction of sp³-hybridized carbons (Fsp3) is 0.333. The predicted molar refractivity (Wildman–Crippen MR) is 95.6 cm³/mol. The van der Waals surface area contributed by atoms with Crippen LogP contribution in [0.4, 0.5) is 5.69 Å². The number of nitrogens with zero attached hydrogens (tertiary/aromatic N) is 3. The molecule has 0 atom stereocenters. The number of esters is 1. The number of benzene rings is 1. The molecule has 0 aliphatic rings. The minimum atomic E-state index is -0.545. The maximum atomic E-state index is 11.1. The first-order chi connectivity index (χ1) is 13.0. The molecule has 0 amide bonds. The van der Waals surface area contributed by atoms with Crippen molar-refractivity contribution in [3.05, 3.63) is 63.8 Å². The van der Waals surface area contributed by atoms with Gasteiger partial charge in [-0.1, -0.05) is 12.1 Å². The number of nitro groups is 1. The third-order valence-electron chi connectivity index (χ3n) is 3.72. The topological polar surface area (TPSA) is 116 Å². The SMILES string of the molecule is COC(=O)CCc1ccc(OCCCN=c2cc([N+](=O)[O-])ccn2O)cc1. The first kappa shape index (κ1) is 20.0. The molecule has 27 heavy (non-hydrogen) atoms. The van der Waals surface area contributed by atoms with Crippen LogP contribution in [0.15, 0.2) is 47.6 Å². The monoisotopic (exact) mass is 375 g/mol. The van der Waals surface area contributed by atoms with Crippen molar-refractivity contribution in [1.82, 2.24) is 4.73 Å². The van der Waals surface area contributed by atoms with Gasteiger partial charge in [0.05, 0.1) is 30.9 Å². The van der Waals surface area contributed by atoms with Crippen molar-refractivity contribution in [2.75, 3.05) is 20.3 Å². The largest absolute Gasteiger partial charge is 0.494 e. The van der Waals surface area contributed by atoms with Crippen LogP contribution in [-0.2, 0) is 16.0 Å². The van der Waals surface area contributed by atoms with Gasteiger partial charge in [-0.2, -0.15) is 4.73 Å². The number of carbonyl (C=O) groups excluding carboxylic acids is 1. The lowest BCUT2D eigenvalue weighted by Gasteiger charge is -2.06. The molecular weight excluding hydrogens is 354 g/mol. The minimum absolute atomic E-state index is 0.110. The van der Waals surface area contributed by atoms with Crippen LogP contribution in [0.1, 0.15) is 18.4 Å². The van der Waals surface area contributed by atoms with E-state index in [1.807, 2.05) is 24.3 Å². The molecule has 9 nitrogen and oxygen atoms in total. The molecule has 9 heteroatoms. The number of rotatable bonds is 9. The smallest absolute Gasteiger partial charge is 0.305 e. The Morgan fingerprint density at radius 1 is 1.30 bits per heavy atom. The molecule has 0 aliphatic carbocycles. The Kier molecular flexibility index (Phi) is 7.36. The summed E-state index contributed by atoms with van der Waals surface area (Å²) in [6, 6.07) is 9.82. The lowest BCUT2D eigenvalue weighted by molar-refractivity contribution is -0.385. The molecule has 0 saturated heterocycles. The van der Waals surface area contributed by atoms with E-state index in [9.17, 15) is 20.1 Å². The molecule has 0 bridgehead atoms. The van der Waals surface area contributed by atoms with Crippen LogP contribution in [0.5, 0.6) is 5.75 Å². The molecule has 0 radical (unpaired) electrons. The van der Waals surface area contributed by atoms with Crippen molar-refractivity contribution >= 4 is 11.7 Å². The first-order valence-corrected chi connectivity index (χ1v) is 8.35. The number of aromatic nitrogens is 1. The van der Waals surface area contributed by atoms with Crippen molar-refractivity contribution in [3.63, 3.8) is 0 Å². The second-order valence-corrected chi connectivity index (χ2v) is 5.65. The lowest BCUT2D eigenvalue weighted by atomic mass is 10.1. The fourth-order valence-corrected chi connectivity index (χ4v) is 2.25. The van der Waals surface area contributed by atoms with E-state index in [4.69, 9.17) is 4.74 Å². The highest BCUT2D eigenvalue weighted by atomic mass is 16.6. The van der Waals surface area contributed by atoms with Crippen molar-refractivity contribution in [2.45, 2.75) is 19.3 Å². The average Bonchev–Trinajstić information content (AvgIpc) is 2.67. The third-order valence-corrected chi connectivity index (χ3v) is 3.72. The summed E-state index contributed by atoms with van der Waals surface area (Å²) < 4.78 is 11.0. The minimum Gasteiger partial charge on any atom is -0.494 e. The van der Waals surface area contributed by atoms with Crippen LogP contribution in [0.25, 0.3) is 0 Å². The summed E-state index contributed by atoms with van der Waals surface area (Å²) in [5.41, 5.74) is 0.989. The van der Waals surface area contributed by atoms with Crippen molar-refractivity contribution in [1.29, 1.82) is 0 Å². The van der Waals surface area contributed by atoms with Gasteiger partial charge in [0.1, 0.15) is 5.75 Å². The van der Waals surface area contributed by atoms with E-state index in [1.54, 1.807) is 0 Å². The summed E-state index contributed by atoms with van der Waals surface area (Å²) in [6.45, 7) is 0.754. The molecule has 0 aliphatic heterocycles. The van der Waals surface area contributed by atoms with Gasteiger partial charge in [0, 0.05) is 25.5 Å². The molecular formula is C18H21N3O6. The number of ether oxygens (including phenoxy) is 2. The maximum Gasteiger partial charge on any atom is 0.305 e. The van der Waals surface area contributed by atoms with E-state index < -0.39 is 4.92 Å². The van der Waals surface area contributed by atoms with Crippen LogP contribution in [0.3, 0.4) is 0 Å². The van der Waals surface area contributed by atoms with Gasteiger partial charge in [0.25, 0.3) is 5.69 Å². The van der Waals surface area contributed by atoms with E-state index in [1.165, 1.54) is 25.4 Å². The standard InChI is InChI=1S/C18H21N3O6/c1-26-18(22)8-5-14-3-6-16(7-4-14)27-12-2-10-19-17-13-15(21(24)25)9-11-20(17)23/h3-4,6-7,9,11,13,23H,2,5,8,10,12H2,1H3. The van der Waals surface area contributed by atoms with Gasteiger partial charge in [-0.3, -0.25) is 19.9 Å². The zero-order valence-corrected chi connectivity index (χ0v) is 14.9. The maximum absolute atomic E-state index is 11.1. The number of pyridine rings is 1. The van der Waals surface area contributed by atoms with E-state index in [-0.39, 0.29) is 17.1 Å². The Morgan fingerprint density at radius 2 is 2.04 bits per heavy atom. The van der Waals surface area contributed by atoms with Crippen LogP contribution in [0, 0.1) is 10.1 Å². The number of methoxy groups -OCH3 is 1. The van der Waals surface area contributed by atoms with Gasteiger partial charge in [-0.25, -0.2) is 0 Å². The van der Waals surface area contributed by atoms with Gasteiger partial charge < -0.3 is 14.7 Å². The van der Waals surface area contributed by atoms with E-state index in [2.05, 4.69) is 9.73 Å². The zero-order valence-electron chi connectivity index (χ0n) is 14.9. The summed E-state index contributed by atoms with van der Waals surface area (Å²) in [7, 11) is 1.37. The summed E-state index contributed by atoms with van der Waals surface area (Å²) in [5.74, 6) is 0.455. The van der Waals surface area contributed by atoms with Crippen LogP contribution >= 0.6 is 0 Å². The quantitative estimate of drug-likeness (QED) is 0.236. The second-order valence-electron chi connectivity index (χ2n) is 5.65. The summed E-state index contributed by atoms with van der Waals surface area (Å²) in [6.07, 6.45) is 2.69. The average molecular weight is 375 g/mol. The van der Waals surface area contributed by atoms with Gasteiger partial charge in [-0.05, 0) is 24.1 Å². The Hall–Kier alpha value is -3.36. The highest BCUT2D eigenvalue weighted by Crippen LogP contribution is 2.14. The summed E-state index contributed by atoms with van der Waals surface area (Å²) in [5, 5.41) is 20.4. The molecule has 144 valence electrons. The number of hydrogen-bond donors (Lipinski definition) is 1. The molecule has 2 aromatic rings. The van der Waals surface area contributed by atoms with Gasteiger partial charge in [0.2, 0.25) is 0 Å². The van der Waals surface area contributed by atoms with Gasteiger partial charge in [0.15, 0.2) is 5.49 Å². The second kappa shape index (κ2) is 9.95. The van der Waals surface area contributed by atoms with E-state index in [0.29, 0.717) is 38.2 Å². The zero-order chi connectivity index (χ0) is 19.6. The Labute approximate surface area is 155 Å².